The Balaban J connectivity index is 1.69. The molecule has 2 aliphatic rings. The van der Waals surface area contributed by atoms with E-state index in [1.54, 1.807) is 6.92 Å². The first kappa shape index (κ1) is 19.9. The van der Waals surface area contributed by atoms with Crippen LogP contribution in [-0.2, 0) is 15.6 Å². The monoisotopic (exact) mass is 411 g/mol. The maximum absolute atomic E-state index is 13.0. The SMILES string of the molecule is CC(=O)N(c1ccc2c(c1)C(C)(C)c1ccccc1-2)c1cc(C)cc2c1OCC2(C)C. The van der Waals surface area contributed by atoms with Gasteiger partial charge in [0.15, 0.2) is 0 Å². The van der Waals surface area contributed by atoms with E-state index in [0.29, 0.717) is 6.61 Å². The predicted molar refractivity (Wildman–Crippen MR) is 127 cm³/mol. The van der Waals surface area contributed by atoms with Crippen molar-refractivity contribution in [1.82, 2.24) is 0 Å². The van der Waals surface area contributed by atoms with E-state index in [1.165, 1.54) is 27.8 Å². The number of benzene rings is 3. The van der Waals surface area contributed by atoms with Crippen LogP contribution in [0.3, 0.4) is 0 Å². The highest BCUT2D eigenvalue weighted by atomic mass is 16.5. The average molecular weight is 412 g/mol. The Bertz CT molecular complexity index is 1240. The maximum Gasteiger partial charge on any atom is 0.228 e. The van der Waals surface area contributed by atoms with Crippen LogP contribution >= 0.6 is 0 Å². The molecule has 0 saturated heterocycles. The molecule has 0 atom stereocenters. The van der Waals surface area contributed by atoms with Crippen LogP contribution in [0.4, 0.5) is 11.4 Å². The van der Waals surface area contributed by atoms with Crippen LogP contribution in [0.1, 0.15) is 56.9 Å². The number of carbonyl (C=O) groups excluding carboxylic acids is 1. The first-order chi connectivity index (χ1) is 14.6. The van der Waals surface area contributed by atoms with Crippen molar-refractivity contribution >= 4 is 17.3 Å². The molecule has 0 radical (unpaired) electrons. The number of hydrogen-bond donors (Lipinski definition) is 0. The molecule has 0 N–H and O–H groups in total. The van der Waals surface area contributed by atoms with E-state index in [0.717, 1.165) is 22.7 Å². The zero-order chi connectivity index (χ0) is 22.1. The van der Waals surface area contributed by atoms with E-state index in [2.05, 4.69) is 89.2 Å². The maximum atomic E-state index is 13.0. The molecule has 0 aromatic heterocycles. The third kappa shape index (κ3) is 2.83. The fourth-order valence-corrected chi connectivity index (χ4v) is 5.23. The highest BCUT2D eigenvalue weighted by Gasteiger charge is 2.38. The molecule has 0 unspecified atom stereocenters. The van der Waals surface area contributed by atoms with Gasteiger partial charge in [0.25, 0.3) is 0 Å². The largest absolute Gasteiger partial charge is 0.490 e. The van der Waals surface area contributed by atoms with E-state index in [1.807, 2.05) is 4.90 Å². The smallest absolute Gasteiger partial charge is 0.228 e. The van der Waals surface area contributed by atoms with Gasteiger partial charge in [-0.1, -0.05) is 64.1 Å². The van der Waals surface area contributed by atoms with Crippen LogP contribution in [0.5, 0.6) is 5.75 Å². The molecule has 31 heavy (non-hydrogen) atoms. The molecule has 158 valence electrons. The topological polar surface area (TPSA) is 29.5 Å². The lowest BCUT2D eigenvalue weighted by Gasteiger charge is -2.27. The normalized spacial score (nSPS) is 16.8. The lowest BCUT2D eigenvalue weighted by atomic mass is 9.82. The van der Waals surface area contributed by atoms with Crippen molar-refractivity contribution in [3.63, 3.8) is 0 Å². The van der Waals surface area contributed by atoms with Crippen LogP contribution < -0.4 is 9.64 Å². The number of carbonyl (C=O) groups is 1. The van der Waals surface area contributed by atoms with Gasteiger partial charge in [0.2, 0.25) is 5.91 Å². The number of ether oxygens (including phenoxy) is 1. The molecule has 1 aliphatic heterocycles. The summed E-state index contributed by atoms with van der Waals surface area (Å²) in [5, 5.41) is 0. The fraction of sp³-hybridized carbons (Fsp3) is 0.321. The standard InChI is InChI=1S/C28H29NO2/c1-17-13-24-26(31-16-27(24,3)4)25(14-17)29(18(2)30)19-11-12-21-20-9-7-8-10-22(20)28(5,6)23(21)15-19/h7-15H,16H2,1-6H3. The summed E-state index contributed by atoms with van der Waals surface area (Å²) in [6.45, 7) is 13.2. The van der Waals surface area contributed by atoms with Crippen LogP contribution in [-0.4, -0.2) is 12.5 Å². The van der Waals surface area contributed by atoms with Gasteiger partial charge in [0.05, 0.1) is 12.3 Å². The summed E-state index contributed by atoms with van der Waals surface area (Å²) in [6.07, 6.45) is 0. The minimum Gasteiger partial charge on any atom is -0.490 e. The molecule has 0 spiro atoms. The number of aryl methyl sites for hydroxylation is 1. The summed E-state index contributed by atoms with van der Waals surface area (Å²) < 4.78 is 6.14. The molecule has 3 aromatic carbocycles. The molecule has 1 heterocycles. The van der Waals surface area contributed by atoms with Crippen LogP contribution in [0.25, 0.3) is 11.1 Å². The van der Waals surface area contributed by atoms with Gasteiger partial charge < -0.3 is 4.74 Å². The Labute approximate surface area is 184 Å². The Morgan fingerprint density at radius 1 is 0.903 bits per heavy atom. The minimum atomic E-state index is -0.114. The molecular formula is C28H29NO2. The molecule has 1 amide bonds. The van der Waals surface area contributed by atoms with Crippen molar-refractivity contribution in [2.45, 2.75) is 52.4 Å². The second kappa shape index (κ2) is 6.46. The third-order valence-electron chi connectivity index (χ3n) is 6.90. The number of rotatable bonds is 2. The molecule has 5 rings (SSSR count). The molecule has 3 nitrogen and oxygen atoms in total. The van der Waals surface area contributed by atoms with Gasteiger partial charge in [-0.25, -0.2) is 0 Å². The number of amides is 1. The summed E-state index contributed by atoms with van der Waals surface area (Å²) >= 11 is 0. The fourth-order valence-electron chi connectivity index (χ4n) is 5.23. The second-order valence-corrected chi connectivity index (χ2v) is 10.1. The van der Waals surface area contributed by atoms with E-state index in [-0.39, 0.29) is 16.7 Å². The van der Waals surface area contributed by atoms with E-state index in [4.69, 9.17) is 4.74 Å². The number of fused-ring (bicyclic) bond motifs is 4. The zero-order valence-corrected chi connectivity index (χ0v) is 19.2. The highest BCUT2D eigenvalue weighted by Crippen LogP contribution is 2.51. The van der Waals surface area contributed by atoms with E-state index >= 15 is 0 Å². The summed E-state index contributed by atoms with van der Waals surface area (Å²) in [6, 6.07) is 19.3. The third-order valence-corrected chi connectivity index (χ3v) is 6.90. The molecule has 3 heteroatoms. The van der Waals surface area contributed by atoms with Crippen molar-refractivity contribution in [3.8, 4) is 16.9 Å². The van der Waals surface area contributed by atoms with Gasteiger partial charge in [-0.3, -0.25) is 9.69 Å². The van der Waals surface area contributed by atoms with Crippen LogP contribution in [0.15, 0.2) is 54.6 Å². The number of nitrogens with zero attached hydrogens (tertiary/aromatic N) is 1. The predicted octanol–water partition coefficient (Wildman–Crippen LogP) is 6.66. The van der Waals surface area contributed by atoms with Gasteiger partial charge in [-0.05, 0) is 52.9 Å². The van der Waals surface area contributed by atoms with Gasteiger partial charge in [-0.2, -0.15) is 0 Å². The van der Waals surface area contributed by atoms with Crippen molar-refractivity contribution in [3.05, 3.63) is 76.9 Å². The lowest BCUT2D eigenvalue weighted by Crippen LogP contribution is -2.24. The molecule has 0 saturated carbocycles. The summed E-state index contributed by atoms with van der Waals surface area (Å²) in [5.74, 6) is 0.809. The van der Waals surface area contributed by atoms with Crippen molar-refractivity contribution in [1.29, 1.82) is 0 Å². The average Bonchev–Trinajstić information content (AvgIpc) is 3.13. The van der Waals surface area contributed by atoms with Crippen LogP contribution in [0.2, 0.25) is 0 Å². The first-order valence-electron chi connectivity index (χ1n) is 10.9. The van der Waals surface area contributed by atoms with Gasteiger partial charge in [0.1, 0.15) is 5.75 Å². The number of hydrogen-bond acceptors (Lipinski definition) is 2. The number of anilines is 2. The summed E-state index contributed by atoms with van der Waals surface area (Å²) in [5.41, 5.74) is 8.95. The summed E-state index contributed by atoms with van der Waals surface area (Å²) in [7, 11) is 0. The van der Waals surface area contributed by atoms with E-state index < -0.39 is 0 Å². The van der Waals surface area contributed by atoms with Crippen molar-refractivity contribution in [2.75, 3.05) is 11.5 Å². The van der Waals surface area contributed by atoms with Crippen LogP contribution in [0, 0.1) is 6.92 Å². The molecule has 1 aliphatic carbocycles. The van der Waals surface area contributed by atoms with Gasteiger partial charge >= 0.3 is 0 Å². The molecule has 0 fully saturated rings. The molecule has 0 bridgehead atoms. The second-order valence-electron chi connectivity index (χ2n) is 10.1. The van der Waals surface area contributed by atoms with Gasteiger partial charge in [0, 0.05) is 29.0 Å². The zero-order valence-electron chi connectivity index (χ0n) is 19.2. The van der Waals surface area contributed by atoms with Crippen molar-refractivity contribution < 1.29 is 9.53 Å². The molecular weight excluding hydrogens is 382 g/mol. The van der Waals surface area contributed by atoms with Gasteiger partial charge in [-0.15, -0.1) is 0 Å². The minimum absolute atomic E-state index is 0.0191. The molecule has 3 aromatic rings. The highest BCUT2D eigenvalue weighted by molar-refractivity contribution is 6.02. The summed E-state index contributed by atoms with van der Waals surface area (Å²) in [4.78, 5) is 14.8. The Morgan fingerprint density at radius 3 is 2.35 bits per heavy atom. The Hall–Kier alpha value is -3.07. The van der Waals surface area contributed by atoms with Crippen molar-refractivity contribution in [2.24, 2.45) is 0 Å². The first-order valence-corrected chi connectivity index (χ1v) is 10.9. The Kier molecular flexibility index (Phi) is 4.14. The Morgan fingerprint density at radius 2 is 1.61 bits per heavy atom. The lowest BCUT2D eigenvalue weighted by molar-refractivity contribution is -0.115. The van der Waals surface area contributed by atoms with E-state index in [9.17, 15) is 4.79 Å². The quantitative estimate of drug-likeness (QED) is 0.472.